The minimum atomic E-state index is -0.317. The lowest BCUT2D eigenvalue weighted by Crippen LogP contribution is -2.34. The number of halogens is 1. The molecule has 1 unspecified atom stereocenters. The fourth-order valence-corrected chi connectivity index (χ4v) is 2.74. The molecule has 0 radical (unpaired) electrons. The van der Waals surface area contributed by atoms with E-state index >= 15 is 0 Å². The number of imidazole rings is 1. The van der Waals surface area contributed by atoms with Crippen LogP contribution in [0, 0.1) is 11.7 Å². The number of hydrogen-bond acceptors (Lipinski definition) is 4. The second-order valence-corrected chi connectivity index (χ2v) is 5.85. The van der Waals surface area contributed by atoms with Gasteiger partial charge in [-0.25, -0.2) is 9.37 Å². The number of H-pyrrole nitrogens is 1. The largest absolute Gasteiger partial charge is 0.371 e. The van der Waals surface area contributed by atoms with Gasteiger partial charge in [0.1, 0.15) is 18.2 Å². The van der Waals surface area contributed by atoms with Crippen molar-refractivity contribution in [1.82, 2.24) is 20.6 Å². The monoisotopic (exact) mass is 320 g/mol. The normalized spacial score (nSPS) is 18.2. The highest BCUT2D eigenvalue weighted by Crippen LogP contribution is 2.13. The van der Waals surface area contributed by atoms with Crippen molar-refractivity contribution in [3.63, 3.8) is 0 Å². The van der Waals surface area contributed by atoms with Crippen LogP contribution in [0.3, 0.4) is 0 Å². The quantitative estimate of drug-likeness (QED) is 0.750. The van der Waals surface area contributed by atoms with Crippen LogP contribution in [0.25, 0.3) is 11.0 Å². The fourth-order valence-electron chi connectivity index (χ4n) is 2.74. The smallest absolute Gasteiger partial charge is 0.246 e. The molecule has 2 heterocycles. The summed E-state index contributed by atoms with van der Waals surface area (Å²) in [4.78, 5) is 19.1. The minimum Gasteiger partial charge on any atom is -0.371 e. The number of carbonyl (C=O) groups is 1. The van der Waals surface area contributed by atoms with Crippen LogP contribution in [-0.4, -0.2) is 42.2 Å². The van der Waals surface area contributed by atoms with Gasteiger partial charge >= 0.3 is 0 Å². The number of piperidine rings is 1. The number of aromatic nitrogens is 2. The molecule has 2 aromatic rings. The highest BCUT2D eigenvalue weighted by atomic mass is 19.1. The molecule has 0 aliphatic carbocycles. The van der Waals surface area contributed by atoms with Gasteiger partial charge in [0.05, 0.1) is 24.2 Å². The molecule has 3 N–H and O–H groups in total. The summed E-state index contributed by atoms with van der Waals surface area (Å²) in [6, 6.07) is 4.35. The van der Waals surface area contributed by atoms with E-state index in [0.29, 0.717) is 29.4 Å². The average molecular weight is 320 g/mol. The van der Waals surface area contributed by atoms with Crippen molar-refractivity contribution in [2.75, 3.05) is 26.3 Å². The van der Waals surface area contributed by atoms with Crippen LogP contribution in [0.1, 0.15) is 18.7 Å². The molecule has 1 amide bonds. The summed E-state index contributed by atoms with van der Waals surface area (Å²) >= 11 is 0. The van der Waals surface area contributed by atoms with Crippen LogP contribution in [0.15, 0.2) is 18.2 Å². The molecule has 6 nitrogen and oxygen atoms in total. The van der Waals surface area contributed by atoms with Crippen LogP contribution >= 0.6 is 0 Å². The number of amides is 1. The van der Waals surface area contributed by atoms with Crippen LogP contribution in [-0.2, 0) is 16.1 Å². The molecule has 0 spiro atoms. The molecule has 1 aromatic carbocycles. The standard InChI is InChI=1S/C16H21FN4O2/c17-12-3-4-13-14(6-12)21-15(20-13)8-19-16(22)10-23-9-11-2-1-5-18-7-11/h3-4,6,11,18H,1-2,5,7-10H2,(H,19,22)(H,20,21). The zero-order valence-corrected chi connectivity index (χ0v) is 12.9. The highest BCUT2D eigenvalue weighted by molar-refractivity contribution is 5.77. The molecule has 1 aliphatic heterocycles. The second-order valence-electron chi connectivity index (χ2n) is 5.85. The van der Waals surface area contributed by atoms with E-state index in [4.69, 9.17) is 4.74 Å². The van der Waals surface area contributed by atoms with Crippen molar-refractivity contribution < 1.29 is 13.9 Å². The van der Waals surface area contributed by atoms with Gasteiger partial charge in [-0.15, -0.1) is 0 Å². The fraction of sp³-hybridized carbons (Fsp3) is 0.500. The van der Waals surface area contributed by atoms with E-state index < -0.39 is 0 Å². The number of hydrogen-bond donors (Lipinski definition) is 3. The van der Waals surface area contributed by atoms with E-state index in [9.17, 15) is 9.18 Å². The second kappa shape index (κ2) is 7.52. The number of fused-ring (bicyclic) bond motifs is 1. The Morgan fingerprint density at radius 1 is 1.48 bits per heavy atom. The van der Waals surface area contributed by atoms with Gasteiger partial charge in [-0.1, -0.05) is 0 Å². The first kappa shape index (κ1) is 15.9. The van der Waals surface area contributed by atoms with Crippen LogP contribution < -0.4 is 10.6 Å². The van der Waals surface area contributed by atoms with Gasteiger partial charge in [0.25, 0.3) is 0 Å². The Kier molecular flexibility index (Phi) is 5.19. The number of nitrogens with one attached hydrogen (secondary N) is 3. The maximum atomic E-state index is 13.1. The summed E-state index contributed by atoms with van der Waals surface area (Å²) in [7, 11) is 0. The first-order valence-corrected chi connectivity index (χ1v) is 7.90. The van der Waals surface area contributed by atoms with Gasteiger partial charge in [0, 0.05) is 6.54 Å². The minimum absolute atomic E-state index is 0.0470. The molecule has 7 heteroatoms. The zero-order valence-electron chi connectivity index (χ0n) is 12.9. The third-order valence-electron chi connectivity index (χ3n) is 3.93. The molecule has 0 bridgehead atoms. The Labute approximate surface area is 133 Å². The molecule has 1 atom stereocenters. The lowest BCUT2D eigenvalue weighted by molar-refractivity contribution is -0.126. The summed E-state index contributed by atoms with van der Waals surface area (Å²) in [6.07, 6.45) is 2.30. The predicted molar refractivity (Wildman–Crippen MR) is 84.3 cm³/mol. The summed E-state index contributed by atoms with van der Waals surface area (Å²) in [5, 5.41) is 6.06. The number of rotatable bonds is 6. The van der Waals surface area contributed by atoms with E-state index in [0.717, 1.165) is 25.9 Å². The molecular weight excluding hydrogens is 299 g/mol. The summed E-state index contributed by atoms with van der Waals surface area (Å²) in [6.45, 7) is 2.94. The number of nitrogens with zero attached hydrogens (tertiary/aromatic N) is 1. The predicted octanol–water partition coefficient (Wildman–Crippen LogP) is 1.33. The molecule has 23 heavy (non-hydrogen) atoms. The summed E-state index contributed by atoms with van der Waals surface area (Å²) < 4.78 is 18.6. The van der Waals surface area contributed by atoms with E-state index in [1.165, 1.54) is 12.1 Å². The van der Waals surface area contributed by atoms with Crippen molar-refractivity contribution >= 4 is 16.9 Å². The Balaban J connectivity index is 1.40. The summed E-state index contributed by atoms with van der Waals surface area (Å²) in [5.41, 5.74) is 1.30. The van der Waals surface area contributed by atoms with Gasteiger partial charge in [-0.3, -0.25) is 4.79 Å². The molecular formula is C16H21FN4O2. The van der Waals surface area contributed by atoms with Crippen molar-refractivity contribution in [3.05, 3.63) is 29.8 Å². The Hall–Kier alpha value is -1.99. The van der Waals surface area contributed by atoms with Gasteiger partial charge in [0.15, 0.2) is 0 Å². The molecule has 1 fully saturated rings. The molecule has 1 aliphatic rings. The number of ether oxygens (including phenoxy) is 1. The van der Waals surface area contributed by atoms with Gasteiger partial charge in [-0.05, 0) is 43.5 Å². The number of benzene rings is 1. The number of carbonyl (C=O) groups excluding carboxylic acids is 1. The Morgan fingerprint density at radius 2 is 2.39 bits per heavy atom. The Bertz CT molecular complexity index is 667. The average Bonchev–Trinajstić information content (AvgIpc) is 2.96. The van der Waals surface area contributed by atoms with Gasteiger partial charge in [-0.2, -0.15) is 0 Å². The topological polar surface area (TPSA) is 79.0 Å². The van der Waals surface area contributed by atoms with E-state index in [-0.39, 0.29) is 24.9 Å². The first-order valence-electron chi connectivity index (χ1n) is 7.90. The van der Waals surface area contributed by atoms with Crippen LogP contribution in [0.4, 0.5) is 4.39 Å². The lowest BCUT2D eigenvalue weighted by Gasteiger charge is -2.22. The van der Waals surface area contributed by atoms with Crippen LogP contribution in [0.2, 0.25) is 0 Å². The molecule has 1 aromatic heterocycles. The Morgan fingerprint density at radius 3 is 3.22 bits per heavy atom. The van der Waals surface area contributed by atoms with Crippen molar-refractivity contribution in [2.45, 2.75) is 19.4 Å². The van der Waals surface area contributed by atoms with Crippen molar-refractivity contribution in [1.29, 1.82) is 0 Å². The molecule has 3 rings (SSSR count). The highest BCUT2D eigenvalue weighted by Gasteiger charge is 2.13. The maximum Gasteiger partial charge on any atom is 0.246 e. The van der Waals surface area contributed by atoms with E-state index in [1.54, 1.807) is 6.07 Å². The van der Waals surface area contributed by atoms with Crippen molar-refractivity contribution in [2.24, 2.45) is 5.92 Å². The third kappa shape index (κ3) is 4.49. The SMILES string of the molecule is O=C(COCC1CCCNC1)NCc1nc2ccc(F)cc2[nH]1. The lowest BCUT2D eigenvalue weighted by atomic mass is 10.0. The van der Waals surface area contributed by atoms with E-state index in [2.05, 4.69) is 20.6 Å². The number of aromatic amines is 1. The maximum absolute atomic E-state index is 13.1. The van der Waals surface area contributed by atoms with Gasteiger partial charge in [0.2, 0.25) is 5.91 Å². The van der Waals surface area contributed by atoms with E-state index in [1.807, 2.05) is 0 Å². The zero-order chi connectivity index (χ0) is 16.1. The molecule has 124 valence electrons. The first-order chi connectivity index (χ1) is 11.2. The molecule has 0 saturated carbocycles. The van der Waals surface area contributed by atoms with Crippen LogP contribution in [0.5, 0.6) is 0 Å². The van der Waals surface area contributed by atoms with Gasteiger partial charge < -0.3 is 20.4 Å². The molecule has 1 saturated heterocycles. The summed E-state index contributed by atoms with van der Waals surface area (Å²) in [5.74, 6) is 0.583. The van der Waals surface area contributed by atoms with Crippen molar-refractivity contribution in [3.8, 4) is 0 Å². The third-order valence-corrected chi connectivity index (χ3v) is 3.93.